The zero-order valence-corrected chi connectivity index (χ0v) is 12.2. The SMILES string of the molecule is CSC(SC)=C(C#N)C(=O)c1ccccc1C(F)(F)F. The van der Waals surface area contributed by atoms with Gasteiger partial charge in [0.2, 0.25) is 5.78 Å². The molecule has 0 saturated carbocycles. The Morgan fingerprint density at radius 1 is 1.20 bits per heavy atom. The van der Waals surface area contributed by atoms with Crippen molar-refractivity contribution in [2.75, 3.05) is 12.5 Å². The number of allylic oxidation sites excluding steroid dienone is 1. The van der Waals surface area contributed by atoms with E-state index in [1.54, 1.807) is 18.6 Å². The van der Waals surface area contributed by atoms with E-state index in [0.29, 0.717) is 4.24 Å². The fraction of sp³-hybridized carbons (Fsp3) is 0.231. The minimum Gasteiger partial charge on any atom is -0.288 e. The summed E-state index contributed by atoms with van der Waals surface area (Å²) in [5, 5.41) is 9.05. The van der Waals surface area contributed by atoms with Crippen LogP contribution in [0.25, 0.3) is 0 Å². The Kier molecular flexibility index (Phi) is 5.72. The van der Waals surface area contributed by atoms with Gasteiger partial charge in [0, 0.05) is 5.56 Å². The highest BCUT2D eigenvalue weighted by Crippen LogP contribution is 2.35. The molecule has 0 atom stereocenters. The molecule has 0 aliphatic carbocycles. The van der Waals surface area contributed by atoms with Crippen molar-refractivity contribution in [3.8, 4) is 6.07 Å². The number of carbonyl (C=O) groups excluding carboxylic acids is 1. The Labute approximate surface area is 123 Å². The summed E-state index contributed by atoms with van der Waals surface area (Å²) in [5.41, 5.74) is -1.79. The molecule has 1 aromatic rings. The van der Waals surface area contributed by atoms with Crippen LogP contribution in [0.5, 0.6) is 0 Å². The molecule has 0 fully saturated rings. The van der Waals surface area contributed by atoms with E-state index >= 15 is 0 Å². The van der Waals surface area contributed by atoms with Gasteiger partial charge in [-0.15, -0.1) is 23.5 Å². The van der Waals surface area contributed by atoms with E-state index in [4.69, 9.17) is 5.26 Å². The normalized spacial score (nSPS) is 10.8. The van der Waals surface area contributed by atoms with Crippen molar-refractivity contribution in [2.24, 2.45) is 0 Å². The zero-order chi connectivity index (χ0) is 15.3. The lowest BCUT2D eigenvalue weighted by Crippen LogP contribution is -2.14. The maximum atomic E-state index is 12.9. The van der Waals surface area contributed by atoms with Crippen LogP contribution in [0, 0.1) is 11.3 Å². The van der Waals surface area contributed by atoms with E-state index in [1.807, 2.05) is 0 Å². The van der Waals surface area contributed by atoms with E-state index < -0.39 is 23.1 Å². The molecule has 1 aromatic carbocycles. The molecule has 0 spiro atoms. The quantitative estimate of drug-likeness (QED) is 0.470. The van der Waals surface area contributed by atoms with E-state index in [-0.39, 0.29) is 5.57 Å². The van der Waals surface area contributed by atoms with Crippen molar-refractivity contribution in [1.82, 2.24) is 0 Å². The molecular formula is C13H10F3NOS2. The van der Waals surface area contributed by atoms with Gasteiger partial charge in [-0.3, -0.25) is 4.79 Å². The molecule has 20 heavy (non-hydrogen) atoms. The van der Waals surface area contributed by atoms with Gasteiger partial charge in [-0.25, -0.2) is 0 Å². The summed E-state index contributed by atoms with van der Waals surface area (Å²) in [7, 11) is 0. The molecule has 0 unspecified atom stereocenters. The van der Waals surface area contributed by atoms with Gasteiger partial charge in [0.05, 0.1) is 9.80 Å². The number of carbonyl (C=O) groups is 1. The average Bonchev–Trinajstić information content (AvgIpc) is 2.43. The standard InChI is InChI=1S/C13H10F3NOS2/c1-19-12(20-2)9(7-17)11(18)8-5-3-4-6-10(8)13(14,15)16/h3-6H,1-2H3. The first-order chi connectivity index (χ1) is 9.36. The van der Waals surface area contributed by atoms with Gasteiger partial charge < -0.3 is 0 Å². The van der Waals surface area contributed by atoms with E-state index in [1.165, 1.54) is 12.1 Å². The minimum atomic E-state index is -4.63. The summed E-state index contributed by atoms with van der Waals surface area (Å²) < 4.78 is 39.0. The number of hydrogen-bond acceptors (Lipinski definition) is 4. The van der Waals surface area contributed by atoms with Gasteiger partial charge in [-0.2, -0.15) is 18.4 Å². The van der Waals surface area contributed by atoms with E-state index in [9.17, 15) is 18.0 Å². The van der Waals surface area contributed by atoms with Crippen LogP contribution in [0.4, 0.5) is 13.2 Å². The summed E-state index contributed by atoms with van der Waals surface area (Å²) >= 11 is 2.31. The monoisotopic (exact) mass is 317 g/mol. The maximum Gasteiger partial charge on any atom is 0.417 e. The summed E-state index contributed by atoms with van der Waals surface area (Å²) in [6, 6.07) is 6.17. The third kappa shape index (κ3) is 3.58. The van der Waals surface area contributed by atoms with Crippen LogP contribution in [-0.2, 0) is 6.18 Å². The second-order valence-electron chi connectivity index (χ2n) is 3.55. The highest BCUT2D eigenvalue weighted by atomic mass is 32.2. The van der Waals surface area contributed by atoms with Crippen molar-refractivity contribution >= 4 is 29.3 Å². The lowest BCUT2D eigenvalue weighted by atomic mass is 9.99. The number of rotatable bonds is 4. The molecule has 7 heteroatoms. The zero-order valence-electron chi connectivity index (χ0n) is 10.6. The molecule has 0 bridgehead atoms. The number of thioether (sulfide) groups is 2. The van der Waals surface area contributed by atoms with Gasteiger partial charge in [0.25, 0.3) is 0 Å². The Morgan fingerprint density at radius 2 is 1.75 bits per heavy atom. The Bertz CT molecular complexity index is 582. The number of benzene rings is 1. The summed E-state index contributed by atoms with van der Waals surface area (Å²) in [4.78, 5) is 12.2. The van der Waals surface area contributed by atoms with Crippen LogP contribution < -0.4 is 0 Å². The highest BCUT2D eigenvalue weighted by Gasteiger charge is 2.35. The van der Waals surface area contributed by atoms with Gasteiger partial charge in [0.1, 0.15) is 11.6 Å². The lowest BCUT2D eigenvalue weighted by molar-refractivity contribution is -0.137. The van der Waals surface area contributed by atoms with Crippen molar-refractivity contribution in [2.45, 2.75) is 6.18 Å². The largest absolute Gasteiger partial charge is 0.417 e. The molecule has 106 valence electrons. The summed E-state index contributed by atoms with van der Waals surface area (Å²) in [6.07, 6.45) is -1.32. The highest BCUT2D eigenvalue weighted by molar-refractivity contribution is 8.21. The molecule has 0 N–H and O–H groups in total. The smallest absolute Gasteiger partial charge is 0.288 e. The molecule has 1 rings (SSSR count). The van der Waals surface area contributed by atoms with Crippen molar-refractivity contribution < 1.29 is 18.0 Å². The summed E-state index contributed by atoms with van der Waals surface area (Å²) in [6.45, 7) is 0. The van der Waals surface area contributed by atoms with Gasteiger partial charge in [-0.1, -0.05) is 18.2 Å². The predicted molar refractivity (Wildman–Crippen MR) is 75.4 cm³/mol. The van der Waals surface area contributed by atoms with Crippen molar-refractivity contribution in [3.05, 3.63) is 45.2 Å². The molecular weight excluding hydrogens is 307 g/mol. The van der Waals surface area contributed by atoms with Crippen molar-refractivity contribution in [1.29, 1.82) is 5.26 Å². The molecule has 0 amide bonds. The molecule has 0 radical (unpaired) electrons. The molecule has 0 aliphatic heterocycles. The van der Waals surface area contributed by atoms with Crippen LogP contribution in [-0.4, -0.2) is 18.3 Å². The van der Waals surface area contributed by atoms with Crippen LogP contribution in [0.15, 0.2) is 34.1 Å². The maximum absolute atomic E-state index is 12.9. The van der Waals surface area contributed by atoms with Crippen LogP contribution in [0.1, 0.15) is 15.9 Å². The summed E-state index contributed by atoms with van der Waals surface area (Å²) in [5.74, 6) is -0.904. The fourth-order valence-corrected chi connectivity index (χ4v) is 2.89. The second-order valence-corrected chi connectivity index (χ2v) is 5.45. The number of Topliss-reactive ketones (excluding diaryl/α,β-unsaturated/α-hetero) is 1. The number of ketones is 1. The first kappa shape index (κ1) is 16.7. The number of alkyl halides is 3. The predicted octanol–water partition coefficient (Wildman–Crippen LogP) is 4.35. The Balaban J connectivity index is 3.44. The van der Waals surface area contributed by atoms with Gasteiger partial charge >= 0.3 is 6.18 Å². The van der Waals surface area contributed by atoms with E-state index in [0.717, 1.165) is 35.7 Å². The number of nitriles is 1. The van der Waals surface area contributed by atoms with Gasteiger partial charge in [0.15, 0.2) is 0 Å². The topological polar surface area (TPSA) is 40.9 Å². The third-order valence-electron chi connectivity index (χ3n) is 2.39. The average molecular weight is 317 g/mol. The van der Waals surface area contributed by atoms with Gasteiger partial charge in [-0.05, 0) is 18.6 Å². The molecule has 0 aromatic heterocycles. The first-order valence-electron chi connectivity index (χ1n) is 5.30. The molecule has 0 heterocycles. The molecule has 0 saturated heterocycles. The second kappa shape index (κ2) is 6.86. The third-order valence-corrected chi connectivity index (χ3v) is 4.54. The van der Waals surface area contributed by atoms with Crippen LogP contribution in [0.3, 0.4) is 0 Å². The fourth-order valence-electron chi connectivity index (χ4n) is 1.54. The number of halogens is 3. The van der Waals surface area contributed by atoms with E-state index in [2.05, 4.69) is 0 Å². The number of nitrogens with zero attached hydrogens (tertiary/aromatic N) is 1. The lowest BCUT2D eigenvalue weighted by Gasteiger charge is -2.12. The number of hydrogen-bond donors (Lipinski definition) is 0. The van der Waals surface area contributed by atoms with Crippen molar-refractivity contribution in [3.63, 3.8) is 0 Å². The Hall–Kier alpha value is -1.39. The Morgan fingerprint density at radius 3 is 2.20 bits per heavy atom. The first-order valence-corrected chi connectivity index (χ1v) is 7.75. The molecule has 0 aliphatic rings. The molecule has 2 nitrogen and oxygen atoms in total. The van der Waals surface area contributed by atoms with Crippen LogP contribution >= 0.6 is 23.5 Å². The minimum absolute atomic E-state index is 0.262. The van der Waals surface area contributed by atoms with Crippen LogP contribution in [0.2, 0.25) is 0 Å².